The predicted molar refractivity (Wildman–Crippen MR) is 277 cm³/mol. The molecule has 0 spiro atoms. The molecule has 0 saturated heterocycles. The second kappa shape index (κ2) is 15.1. The third kappa shape index (κ3) is 5.85. The van der Waals surface area contributed by atoms with Crippen LogP contribution in [0.4, 0.5) is 17.1 Å². The second-order valence-electron chi connectivity index (χ2n) is 17.2. The van der Waals surface area contributed by atoms with E-state index in [1.807, 2.05) is 11.3 Å². The minimum atomic E-state index is -0.512. The van der Waals surface area contributed by atoms with Crippen molar-refractivity contribution in [1.29, 1.82) is 0 Å². The zero-order valence-electron chi connectivity index (χ0n) is 35.5. The fourth-order valence-electron chi connectivity index (χ4n) is 10.9. The molecule has 0 saturated carbocycles. The first-order valence-electron chi connectivity index (χ1n) is 22.4. The normalized spacial score (nSPS) is 12.7. The number of anilines is 3. The molecule has 0 unspecified atom stereocenters. The fraction of sp³-hybridized carbons (Fsp3) is 0.0159. The fourth-order valence-corrected chi connectivity index (χ4v) is 12.1. The maximum absolute atomic E-state index is 2.43. The molecule has 1 heterocycles. The Bertz CT molecular complexity index is 3670. The monoisotopic (exact) mass is 843 g/mol. The molecule has 0 radical (unpaired) electrons. The highest BCUT2D eigenvalue weighted by atomic mass is 32.1. The van der Waals surface area contributed by atoms with Gasteiger partial charge in [0.2, 0.25) is 0 Å². The van der Waals surface area contributed by atoms with E-state index in [0.29, 0.717) is 0 Å². The van der Waals surface area contributed by atoms with Gasteiger partial charge < -0.3 is 4.90 Å². The average molecular weight is 844 g/mol. The Labute approximate surface area is 382 Å². The number of fused-ring (bicyclic) bond motifs is 8. The summed E-state index contributed by atoms with van der Waals surface area (Å²) in [5, 5.41) is 7.65. The van der Waals surface area contributed by atoms with Crippen LogP contribution in [0.3, 0.4) is 0 Å². The Balaban J connectivity index is 0.999. The summed E-state index contributed by atoms with van der Waals surface area (Å²) in [7, 11) is 0. The van der Waals surface area contributed by atoms with Crippen molar-refractivity contribution < 1.29 is 0 Å². The quantitative estimate of drug-likeness (QED) is 0.145. The maximum Gasteiger partial charge on any atom is 0.0714 e. The molecule has 11 aromatic carbocycles. The highest BCUT2D eigenvalue weighted by Crippen LogP contribution is 2.56. The van der Waals surface area contributed by atoms with Gasteiger partial charge in [0, 0.05) is 37.2 Å². The molecule has 1 aromatic heterocycles. The van der Waals surface area contributed by atoms with Crippen molar-refractivity contribution in [3.05, 3.63) is 271 Å². The lowest BCUT2D eigenvalue weighted by Crippen LogP contribution is -2.28. The van der Waals surface area contributed by atoms with Gasteiger partial charge in [-0.2, -0.15) is 0 Å². The van der Waals surface area contributed by atoms with Crippen LogP contribution in [0.1, 0.15) is 22.3 Å². The lowest BCUT2D eigenvalue weighted by atomic mass is 9.67. The first-order valence-corrected chi connectivity index (χ1v) is 23.2. The molecule has 0 fully saturated rings. The summed E-state index contributed by atoms with van der Waals surface area (Å²) in [5.74, 6) is 0. The van der Waals surface area contributed by atoms with Crippen LogP contribution in [-0.4, -0.2) is 0 Å². The zero-order valence-corrected chi connectivity index (χ0v) is 36.3. The minimum Gasteiger partial charge on any atom is -0.310 e. The van der Waals surface area contributed by atoms with Crippen LogP contribution in [0.25, 0.3) is 75.1 Å². The molecule has 13 rings (SSSR count). The molecule has 65 heavy (non-hydrogen) atoms. The molecule has 1 aliphatic carbocycles. The van der Waals surface area contributed by atoms with Gasteiger partial charge in [-0.25, -0.2) is 0 Å². The van der Waals surface area contributed by atoms with Crippen molar-refractivity contribution in [3.63, 3.8) is 0 Å². The lowest BCUT2D eigenvalue weighted by Gasteiger charge is -2.35. The van der Waals surface area contributed by atoms with Gasteiger partial charge in [-0.15, -0.1) is 11.3 Å². The largest absolute Gasteiger partial charge is 0.310 e. The third-order valence-corrected chi connectivity index (χ3v) is 14.9. The molecule has 1 nitrogen and oxygen atoms in total. The smallest absolute Gasteiger partial charge is 0.0714 e. The van der Waals surface area contributed by atoms with Crippen LogP contribution in [0.5, 0.6) is 0 Å². The average Bonchev–Trinajstić information content (AvgIpc) is 3.91. The van der Waals surface area contributed by atoms with Crippen LogP contribution in [-0.2, 0) is 5.41 Å². The van der Waals surface area contributed by atoms with Crippen molar-refractivity contribution in [1.82, 2.24) is 0 Å². The maximum atomic E-state index is 2.43. The van der Waals surface area contributed by atoms with Crippen LogP contribution in [0.2, 0.25) is 0 Å². The summed E-state index contributed by atoms with van der Waals surface area (Å²) in [6.07, 6.45) is 0. The van der Waals surface area contributed by atoms with E-state index in [0.717, 1.165) is 17.1 Å². The van der Waals surface area contributed by atoms with E-state index in [1.165, 1.54) is 97.4 Å². The van der Waals surface area contributed by atoms with E-state index in [1.54, 1.807) is 0 Å². The van der Waals surface area contributed by atoms with Gasteiger partial charge in [0.1, 0.15) is 0 Å². The Hall–Kier alpha value is -8.04. The first-order chi connectivity index (χ1) is 32.2. The van der Waals surface area contributed by atoms with E-state index in [9.17, 15) is 0 Å². The Morgan fingerprint density at radius 2 is 0.831 bits per heavy atom. The molecule has 2 heteroatoms. The standard InChI is InChI=1S/C63H41NS/c1-2-18-46(19-3-1)63(58-29-11-8-24-54(58)55-25-9-12-30-59(55)63)47-20-14-21-50(41-47)64(48-36-32-42(33-37-48)53-27-15-28-57-56-26-10-13-31-60(56)65-62(53)57)49-38-34-43(35-39-49)61-51-22-6-4-16-44(51)40-45-17-5-7-23-52(45)61/h1-41H. The van der Waals surface area contributed by atoms with Crippen LogP contribution >= 0.6 is 11.3 Å². The molecule has 0 atom stereocenters. The molecule has 12 aromatic rings. The van der Waals surface area contributed by atoms with Crippen LogP contribution in [0.15, 0.2) is 249 Å². The van der Waals surface area contributed by atoms with E-state index in [4.69, 9.17) is 0 Å². The second-order valence-corrected chi connectivity index (χ2v) is 18.2. The molecule has 0 bridgehead atoms. The summed E-state index contributed by atoms with van der Waals surface area (Å²) in [6, 6.07) is 92.1. The van der Waals surface area contributed by atoms with E-state index < -0.39 is 5.41 Å². The summed E-state index contributed by atoms with van der Waals surface area (Å²) < 4.78 is 2.64. The Morgan fingerprint density at radius 1 is 0.323 bits per heavy atom. The van der Waals surface area contributed by atoms with Crippen molar-refractivity contribution >= 4 is 70.1 Å². The molecule has 0 N–H and O–H groups in total. The van der Waals surface area contributed by atoms with Crippen LogP contribution < -0.4 is 4.90 Å². The van der Waals surface area contributed by atoms with Crippen molar-refractivity contribution in [2.75, 3.05) is 4.90 Å². The van der Waals surface area contributed by atoms with Gasteiger partial charge in [0.15, 0.2) is 0 Å². The number of nitrogens with zero attached hydrogens (tertiary/aromatic N) is 1. The summed E-state index contributed by atoms with van der Waals surface area (Å²) >= 11 is 1.88. The number of thiophene rings is 1. The third-order valence-electron chi connectivity index (χ3n) is 13.7. The molecular weight excluding hydrogens is 803 g/mol. The first kappa shape index (κ1) is 37.5. The van der Waals surface area contributed by atoms with Crippen molar-refractivity contribution in [2.45, 2.75) is 5.41 Å². The number of benzene rings is 11. The van der Waals surface area contributed by atoms with Crippen molar-refractivity contribution in [2.24, 2.45) is 0 Å². The van der Waals surface area contributed by atoms with Gasteiger partial charge in [-0.1, -0.05) is 200 Å². The molecular formula is C63H41NS. The van der Waals surface area contributed by atoms with Crippen molar-refractivity contribution in [3.8, 4) is 33.4 Å². The summed E-state index contributed by atoms with van der Waals surface area (Å²) in [5.41, 5.74) is 15.4. The molecule has 1 aliphatic rings. The molecule has 0 aliphatic heterocycles. The van der Waals surface area contributed by atoms with E-state index in [2.05, 4.69) is 254 Å². The summed E-state index contributed by atoms with van der Waals surface area (Å²) in [4.78, 5) is 2.43. The van der Waals surface area contributed by atoms with E-state index in [-0.39, 0.29) is 0 Å². The highest BCUT2D eigenvalue weighted by molar-refractivity contribution is 7.26. The lowest BCUT2D eigenvalue weighted by molar-refractivity contribution is 0.768. The molecule has 304 valence electrons. The van der Waals surface area contributed by atoms with Crippen LogP contribution in [0, 0.1) is 0 Å². The van der Waals surface area contributed by atoms with E-state index >= 15 is 0 Å². The highest BCUT2D eigenvalue weighted by Gasteiger charge is 2.46. The van der Waals surface area contributed by atoms with Gasteiger partial charge in [-0.05, 0) is 126 Å². The van der Waals surface area contributed by atoms with Gasteiger partial charge >= 0.3 is 0 Å². The molecule has 0 amide bonds. The number of hydrogen-bond acceptors (Lipinski definition) is 2. The number of rotatable bonds is 7. The number of hydrogen-bond donors (Lipinski definition) is 0. The summed E-state index contributed by atoms with van der Waals surface area (Å²) in [6.45, 7) is 0. The van der Waals surface area contributed by atoms with Gasteiger partial charge in [-0.3, -0.25) is 0 Å². The van der Waals surface area contributed by atoms with Gasteiger partial charge in [0.25, 0.3) is 0 Å². The minimum absolute atomic E-state index is 0.512. The Kier molecular flexibility index (Phi) is 8.69. The predicted octanol–water partition coefficient (Wildman–Crippen LogP) is 17.5. The topological polar surface area (TPSA) is 3.24 Å². The SMILES string of the molecule is c1ccc(C2(c3cccc(N(c4ccc(-c5c6ccccc6cc6ccccc56)cc4)c4ccc(-c5cccc6c5sc5ccccc56)cc4)c3)c3ccccc3-c3ccccc32)cc1. The Morgan fingerprint density at radius 3 is 1.51 bits per heavy atom. The van der Waals surface area contributed by atoms with Gasteiger partial charge in [0.05, 0.1) is 5.41 Å². The zero-order chi connectivity index (χ0) is 42.9.